The average molecular weight is 513 g/mol. The maximum Gasteiger partial charge on any atom is 0.307 e. The molecule has 0 unspecified atom stereocenters. The van der Waals surface area contributed by atoms with Gasteiger partial charge in [-0.25, -0.2) is 0 Å². The Morgan fingerprint density at radius 3 is 2.50 bits per heavy atom. The predicted molar refractivity (Wildman–Crippen MR) is 130 cm³/mol. The van der Waals surface area contributed by atoms with Gasteiger partial charge in [-0.05, 0) is 67.5 Å². The molecule has 0 aliphatic rings. The van der Waals surface area contributed by atoms with E-state index in [1.165, 1.54) is 43.8 Å². The standard InChI is InChI=1S/C23H30BrNO3S2/c1-15-12-18(13-16(2)21(15)24)29-14-23(3,4)10-8-17-6-7-19(30-17)22(27)25-11-9-20(26)28-5/h6-7,12-13H,8-11,14H2,1-5H3,(H,25,27). The summed E-state index contributed by atoms with van der Waals surface area (Å²) < 4.78 is 5.77. The van der Waals surface area contributed by atoms with E-state index in [1.807, 2.05) is 23.9 Å². The minimum Gasteiger partial charge on any atom is -0.469 e. The summed E-state index contributed by atoms with van der Waals surface area (Å²) in [7, 11) is 1.34. The van der Waals surface area contributed by atoms with Gasteiger partial charge in [-0.3, -0.25) is 9.59 Å². The van der Waals surface area contributed by atoms with E-state index < -0.39 is 0 Å². The summed E-state index contributed by atoms with van der Waals surface area (Å²) in [4.78, 5) is 26.5. The molecule has 0 saturated carbocycles. The molecule has 1 N–H and O–H groups in total. The van der Waals surface area contributed by atoms with Gasteiger partial charge >= 0.3 is 5.97 Å². The van der Waals surface area contributed by atoms with Crippen LogP contribution in [0.25, 0.3) is 0 Å². The number of hydrogen-bond donors (Lipinski definition) is 1. The second-order valence-electron chi connectivity index (χ2n) is 8.17. The normalized spacial score (nSPS) is 11.4. The third-order valence-corrected chi connectivity index (χ3v) is 8.70. The summed E-state index contributed by atoms with van der Waals surface area (Å²) in [6, 6.07) is 8.37. The number of rotatable bonds is 10. The van der Waals surface area contributed by atoms with Crippen LogP contribution in [0, 0.1) is 19.3 Å². The molecule has 2 aromatic rings. The Morgan fingerprint density at radius 1 is 1.20 bits per heavy atom. The SMILES string of the molecule is COC(=O)CCNC(=O)c1ccc(CCC(C)(C)CSc2cc(C)c(Br)c(C)c2)s1. The largest absolute Gasteiger partial charge is 0.469 e. The number of methoxy groups -OCH3 is 1. The maximum absolute atomic E-state index is 12.2. The fourth-order valence-electron chi connectivity index (χ4n) is 2.90. The Bertz CT molecular complexity index is 869. The fourth-order valence-corrected chi connectivity index (χ4v) is 5.28. The number of ether oxygens (including phenoxy) is 1. The lowest BCUT2D eigenvalue weighted by Gasteiger charge is -2.24. The first-order valence-corrected chi connectivity index (χ1v) is 12.5. The highest BCUT2D eigenvalue weighted by atomic mass is 79.9. The van der Waals surface area contributed by atoms with Crippen molar-refractivity contribution in [1.82, 2.24) is 5.32 Å². The molecule has 2 rings (SSSR count). The zero-order valence-corrected chi connectivity index (χ0v) is 21.5. The molecule has 0 bridgehead atoms. The van der Waals surface area contributed by atoms with Gasteiger partial charge in [-0.1, -0.05) is 29.8 Å². The molecule has 164 valence electrons. The van der Waals surface area contributed by atoms with Gasteiger partial charge in [0.15, 0.2) is 0 Å². The Balaban J connectivity index is 1.83. The van der Waals surface area contributed by atoms with Crippen LogP contribution in [0.5, 0.6) is 0 Å². The van der Waals surface area contributed by atoms with E-state index in [4.69, 9.17) is 0 Å². The maximum atomic E-state index is 12.2. The van der Waals surface area contributed by atoms with Gasteiger partial charge in [0.2, 0.25) is 0 Å². The van der Waals surface area contributed by atoms with Crippen LogP contribution in [0.4, 0.5) is 0 Å². The first-order chi connectivity index (χ1) is 14.1. The van der Waals surface area contributed by atoms with Crippen LogP contribution in [0.1, 0.15) is 52.4 Å². The molecule has 4 nitrogen and oxygen atoms in total. The van der Waals surface area contributed by atoms with Gasteiger partial charge in [0.25, 0.3) is 5.91 Å². The third-order valence-electron chi connectivity index (χ3n) is 4.82. The van der Waals surface area contributed by atoms with Crippen molar-refractivity contribution in [2.24, 2.45) is 5.41 Å². The molecule has 0 spiro atoms. The summed E-state index contributed by atoms with van der Waals surface area (Å²) in [6.45, 7) is 9.15. The van der Waals surface area contributed by atoms with E-state index in [2.05, 4.69) is 65.8 Å². The second-order valence-corrected chi connectivity index (χ2v) is 11.2. The van der Waals surface area contributed by atoms with E-state index in [9.17, 15) is 9.59 Å². The van der Waals surface area contributed by atoms with Crippen LogP contribution in [-0.2, 0) is 16.0 Å². The van der Waals surface area contributed by atoms with E-state index in [1.54, 1.807) is 0 Å². The number of carbonyl (C=O) groups excluding carboxylic acids is 2. The van der Waals surface area contributed by atoms with Gasteiger partial charge < -0.3 is 10.1 Å². The Hall–Kier alpha value is -1.31. The molecule has 1 amide bonds. The van der Waals surface area contributed by atoms with Gasteiger partial charge in [0.1, 0.15) is 0 Å². The number of nitrogens with one attached hydrogen (secondary N) is 1. The average Bonchev–Trinajstić information content (AvgIpc) is 3.18. The molecule has 30 heavy (non-hydrogen) atoms. The van der Waals surface area contributed by atoms with Gasteiger partial charge in [0.05, 0.1) is 18.4 Å². The van der Waals surface area contributed by atoms with Crippen molar-refractivity contribution in [3.05, 3.63) is 49.6 Å². The van der Waals surface area contributed by atoms with Gasteiger partial charge in [-0.15, -0.1) is 23.1 Å². The van der Waals surface area contributed by atoms with Crippen LogP contribution in [-0.4, -0.2) is 31.3 Å². The lowest BCUT2D eigenvalue weighted by Crippen LogP contribution is -2.25. The zero-order valence-electron chi connectivity index (χ0n) is 18.3. The molecule has 1 aromatic heterocycles. The highest BCUT2D eigenvalue weighted by Crippen LogP contribution is 2.34. The van der Waals surface area contributed by atoms with E-state index in [0.717, 1.165) is 18.6 Å². The van der Waals surface area contributed by atoms with Crippen molar-refractivity contribution in [3.8, 4) is 0 Å². The number of benzene rings is 1. The highest BCUT2D eigenvalue weighted by molar-refractivity contribution is 9.10. The van der Waals surface area contributed by atoms with Gasteiger partial charge in [0, 0.05) is 26.5 Å². The Morgan fingerprint density at radius 2 is 1.87 bits per heavy atom. The lowest BCUT2D eigenvalue weighted by atomic mass is 9.90. The summed E-state index contributed by atoms with van der Waals surface area (Å²) in [5, 5.41) is 2.77. The van der Waals surface area contributed by atoms with Crippen LogP contribution in [0.3, 0.4) is 0 Å². The minimum atomic E-state index is -0.323. The zero-order chi connectivity index (χ0) is 22.3. The van der Waals surface area contributed by atoms with E-state index in [0.29, 0.717) is 4.88 Å². The molecule has 7 heteroatoms. The number of amides is 1. The van der Waals surface area contributed by atoms with Crippen LogP contribution in [0.15, 0.2) is 33.6 Å². The molecule has 0 aliphatic carbocycles. The molecule has 0 aliphatic heterocycles. The van der Waals surface area contributed by atoms with Crippen LogP contribution >= 0.6 is 39.0 Å². The predicted octanol–water partition coefficient (Wildman–Crippen LogP) is 6.17. The molecule has 0 radical (unpaired) electrons. The Kier molecular flexibility index (Phi) is 9.44. The fraction of sp³-hybridized carbons (Fsp3) is 0.478. The quantitative estimate of drug-likeness (QED) is 0.306. The number of thiophene rings is 1. The van der Waals surface area contributed by atoms with Crippen molar-refractivity contribution in [2.75, 3.05) is 19.4 Å². The van der Waals surface area contributed by atoms with Crippen molar-refractivity contribution in [1.29, 1.82) is 0 Å². The molecule has 0 atom stereocenters. The number of carbonyl (C=O) groups is 2. The number of hydrogen-bond acceptors (Lipinski definition) is 5. The van der Waals surface area contributed by atoms with Crippen LogP contribution < -0.4 is 5.32 Å². The minimum absolute atomic E-state index is 0.133. The first kappa shape index (κ1) is 25.0. The molecule has 1 aromatic carbocycles. The van der Waals surface area contributed by atoms with Crippen LogP contribution in [0.2, 0.25) is 0 Å². The van der Waals surface area contributed by atoms with Crippen molar-refractivity contribution in [2.45, 2.75) is 51.9 Å². The topological polar surface area (TPSA) is 55.4 Å². The van der Waals surface area contributed by atoms with Crippen molar-refractivity contribution < 1.29 is 14.3 Å². The van der Waals surface area contributed by atoms with E-state index >= 15 is 0 Å². The van der Waals surface area contributed by atoms with Gasteiger partial charge in [-0.2, -0.15) is 0 Å². The molecule has 1 heterocycles. The Labute approximate surface area is 196 Å². The smallest absolute Gasteiger partial charge is 0.307 e. The summed E-state index contributed by atoms with van der Waals surface area (Å²) in [6.07, 6.45) is 2.19. The molecule has 0 fully saturated rings. The number of aryl methyl sites for hydroxylation is 3. The number of thioether (sulfide) groups is 1. The first-order valence-electron chi connectivity index (χ1n) is 9.94. The second kappa shape index (κ2) is 11.3. The number of halogens is 1. The highest BCUT2D eigenvalue weighted by Gasteiger charge is 2.20. The monoisotopic (exact) mass is 511 g/mol. The summed E-state index contributed by atoms with van der Waals surface area (Å²) >= 11 is 7.06. The molecular formula is C23H30BrNO3S2. The number of esters is 1. The van der Waals surface area contributed by atoms with Crippen molar-refractivity contribution >= 4 is 50.9 Å². The molecule has 0 saturated heterocycles. The van der Waals surface area contributed by atoms with E-state index in [-0.39, 0.29) is 30.3 Å². The summed E-state index contributed by atoms with van der Waals surface area (Å²) in [5.41, 5.74) is 2.73. The van der Waals surface area contributed by atoms with Crippen molar-refractivity contribution in [3.63, 3.8) is 0 Å². The molecular weight excluding hydrogens is 482 g/mol. The summed E-state index contributed by atoms with van der Waals surface area (Å²) in [5.74, 6) is 0.585. The lowest BCUT2D eigenvalue weighted by molar-refractivity contribution is -0.140. The third kappa shape index (κ3) is 7.75.